The molecule has 1 aromatic carbocycles. The molecule has 2 aromatic rings. The number of rotatable bonds is 2. The average Bonchev–Trinajstić information content (AvgIpc) is 2.95. The molecule has 2 heterocycles. The van der Waals surface area contributed by atoms with Crippen molar-refractivity contribution in [2.45, 2.75) is 32.7 Å². The summed E-state index contributed by atoms with van der Waals surface area (Å²) in [6, 6.07) is 10.6. The first-order valence-corrected chi connectivity index (χ1v) is 7.95. The summed E-state index contributed by atoms with van der Waals surface area (Å²) in [5.41, 5.74) is 3.46. The first kappa shape index (κ1) is 14.0. The van der Waals surface area contributed by atoms with Gasteiger partial charge in [-0.15, -0.1) is 11.3 Å². The lowest BCUT2D eigenvalue weighted by atomic mass is 9.94. The topological polar surface area (TPSA) is 44.2 Å². The summed E-state index contributed by atoms with van der Waals surface area (Å²) >= 11 is 1.62. The molecule has 0 fully saturated rings. The van der Waals surface area contributed by atoms with Crippen LogP contribution in [0.25, 0.3) is 10.4 Å². The van der Waals surface area contributed by atoms with Crippen LogP contribution in [0.5, 0.6) is 0 Å². The van der Waals surface area contributed by atoms with Gasteiger partial charge in [0.2, 0.25) is 5.91 Å². The van der Waals surface area contributed by atoms with Crippen molar-refractivity contribution < 1.29 is 4.79 Å². The fourth-order valence-corrected chi connectivity index (χ4v) is 3.80. The molecule has 0 radical (unpaired) electrons. The van der Waals surface area contributed by atoms with E-state index in [4.69, 9.17) is 5.41 Å². The minimum Gasteiger partial charge on any atom is -0.310 e. The number of nitrogens with zero attached hydrogens (tertiary/aromatic N) is 1. The third-order valence-corrected chi connectivity index (χ3v) is 5.09. The number of fused-ring (bicyclic) bond motifs is 1. The molecule has 0 spiro atoms. The Labute approximate surface area is 128 Å². The molecular weight excluding hydrogens is 280 g/mol. The van der Waals surface area contributed by atoms with Crippen LogP contribution in [-0.4, -0.2) is 18.2 Å². The van der Waals surface area contributed by atoms with E-state index in [9.17, 15) is 4.79 Å². The Morgan fingerprint density at radius 1 is 1.38 bits per heavy atom. The number of thiophene rings is 1. The fourth-order valence-electron chi connectivity index (χ4n) is 2.97. The highest BCUT2D eigenvalue weighted by atomic mass is 32.1. The van der Waals surface area contributed by atoms with E-state index in [1.165, 1.54) is 22.2 Å². The molecule has 1 aliphatic heterocycles. The van der Waals surface area contributed by atoms with Crippen LogP contribution in [0.15, 0.2) is 30.3 Å². The Hall–Kier alpha value is -1.94. The van der Waals surface area contributed by atoms with E-state index in [-0.39, 0.29) is 11.9 Å². The van der Waals surface area contributed by atoms with Crippen LogP contribution in [0.1, 0.15) is 30.7 Å². The van der Waals surface area contributed by atoms with E-state index >= 15 is 0 Å². The normalized spacial score (nSPS) is 17.4. The zero-order valence-electron chi connectivity index (χ0n) is 12.2. The van der Waals surface area contributed by atoms with Gasteiger partial charge in [-0.25, -0.2) is 0 Å². The van der Waals surface area contributed by atoms with Gasteiger partial charge in [-0.05, 0) is 55.2 Å². The number of hydrogen-bond donors (Lipinski definition) is 1. The molecule has 0 aliphatic carbocycles. The number of benzene rings is 1. The van der Waals surface area contributed by atoms with Crippen LogP contribution < -0.4 is 4.90 Å². The number of anilines is 1. The zero-order valence-corrected chi connectivity index (χ0v) is 13.0. The van der Waals surface area contributed by atoms with Crippen LogP contribution in [0.4, 0.5) is 5.69 Å². The largest absolute Gasteiger partial charge is 0.310 e. The van der Waals surface area contributed by atoms with Gasteiger partial charge in [0, 0.05) is 34.6 Å². The maximum atomic E-state index is 11.9. The van der Waals surface area contributed by atoms with Crippen molar-refractivity contribution in [3.8, 4) is 10.4 Å². The maximum absolute atomic E-state index is 11.9. The highest BCUT2D eigenvalue weighted by Gasteiger charge is 2.26. The van der Waals surface area contributed by atoms with Gasteiger partial charge in [-0.1, -0.05) is 6.07 Å². The summed E-state index contributed by atoms with van der Waals surface area (Å²) in [5.74, 6) is 0.110. The van der Waals surface area contributed by atoms with Gasteiger partial charge in [-0.2, -0.15) is 0 Å². The highest BCUT2D eigenvalue weighted by Crippen LogP contribution is 2.35. The molecule has 21 heavy (non-hydrogen) atoms. The second-order valence-corrected chi connectivity index (χ2v) is 6.58. The number of nitrogens with one attached hydrogen (secondary N) is 1. The monoisotopic (exact) mass is 298 g/mol. The summed E-state index contributed by atoms with van der Waals surface area (Å²) in [6.45, 7) is 3.74. The van der Waals surface area contributed by atoms with Crippen LogP contribution in [0.2, 0.25) is 0 Å². The van der Waals surface area contributed by atoms with Crippen molar-refractivity contribution in [1.29, 1.82) is 5.41 Å². The highest BCUT2D eigenvalue weighted by molar-refractivity contribution is 7.17. The molecule has 1 atom stereocenters. The molecule has 3 nitrogen and oxygen atoms in total. The van der Waals surface area contributed by atoms with Crippen molar-refractivity contribution in [2.24, 2.45) is 0 Å². The summed E-state index contributed by atoms with van der Waals surface area (Å²) in [6.07, 6.45) is 3.40. The van der Waals surface area contributed by atoms with Gasteiger partial charge in [0.05, 0.1) is 0 Å². The second kappa shape index (κ2) is 5.45. The molecule has 108 valence electrons. The van der Waals surface area contributed by atoms with Gasteiger partial charge in [0.1, 0.15) is 0 Å². The quantitative estimate of drug-likeness (QED) is 0.833. The van der Waals surface area contributed by atoms with E-state index < -0.39 is 0 Å². The van der Waals surface area contributed by atoms with E-state index in [0.29, 0.717) is 0 Å². The van der Waals surface area contributed by atoms with Gasteiger partial charge in [0.25, 0.3) is 0 Å². The van der Waals surface area contributed by atoms with Crippen LogP contribution in [0.3, 0.4) is 0 Å². The predicted molar refractivity (Wildman–Crippen MR) is 88.6 cm³/mol. The lowest BCUT2D eigenvalue weighted by molar-refractivity contribution is -0.117. The van der Waals surface area contributed by atoms with Gasteiger partial charge < -0.3 is 10.3 Å². The lowest BCUT2D eigenvalue weighted by Crippen LogP contribution is -2.40. The minimum atomic E-state index is 0.110. The average molecular weight is 298 g/mol. The molecule has 0 bridgehead atoms. The molecule has 1 N–H and O–H groups in total. The van der Waals surface area contributed by atoms with Crippen molar-refractivity contribution >= 4 is 29.1 Å². The predicted octanol–water partition coefficient (Wildman–Crippen LogP) is 4.10. The van der Waals surface area contributed by atoms with Crippen LogP contribution in [-0.2, 0) is 11.2 Å². The number of hydrogen-bond acceptors (Lipinski definition) is 3. The van der Waals surface area contributed by atoms with Crippen molar-refractivity contribution in [3.05, 3.63) is 40.8 Å². The third kappa shape index (κ3) is 2.51. The summed E-state index contributed by atoms with van der Waals surface area (Å²) in [7, 11) is 0. The summed E-state index contributed by atoms with van der Waals surface area (Å²) in [4.78, 5) is 15.9. The Morgan fingerprint density at radius 2 is 2.19 bits per heavy atom. The molecule has 1 aliphatic rings. The van der Waals surface area contributed by atoms with Gasteiger partial charge in [-0.3, -0.25) is 4.79 Å². The Morgan fingerprint density at radius 3 is 2.86 bits per heavy atom. The molecule has 1 unspecified atom stereocenters. The zero-order chi connectivity index (χ0) is 15.0. The van der Waals surface area contributed by atoms with E-state index in [1.54, 1.807) is 18.3 Å². The van der Waals surface area contributed by atoms with Crippen molar-refractivity contribution in [2.75, 3.05) is 4.90 Å². The van der Waals surface area contributed by atoms with Crippen molar-refractivity contribution in [1.82, 2.24) is 0 Å². The lowest BCUT2D eigenvalue weighted by Gasteiger charge is -2.34. The SMILES string of the molecule is CC(=O)N1c2ccc(-c3ccc(C=N)s3)cc2CCC1C. The van der Waals surface area contributed by atoms with Crippen LogP contribution in [0, 0.1) is 5.41 Å². The van der Waals surface area contributed by atoms with Crippen molar-refractivity contribution in [3.63, 3.8) is 0 Å². The standard InChI is InChI=1S/C17H18N2OS/c1-11-3-4-13-9-14(17-8-6-15(10-18)21-17)5-7-16(13)19(11)12(2)20/h5-11,18H,3-4H2,1-2H3. The molecule has 1 amide bonds. The molecule has 3 rings (SSSR count). The fraction of sp³-hybridized carbons (Fsp3) is 0.294. The second-order valence-electron chi connectivity index (χ2n) is 5.47. The summed E-state index contributed by atoms with van der Waals surface area (Å²) in [5, 5.41) is 7.31. The number of aryl methyl sites for hydroxylation is 1. The Kier molecular flexibility index (Phi) is 3.64. The molecule has 1 aromatic heterocycles. The number of carbonyl (C=O) groups excluding carboxylic acids is 1. The van der Waals surface area contributed by atoms with Gasteiger partial charge >= 0.3 is 0 Å². The number of amides is 1. The molecule has 0 saturated carbocycles. The maximum Gasteiger partial charge on any atom is 0.224 e. The van der Waals surface area contributed by atoms with Crippen LogP contribution >= 0.6 is 11.3 Å². The summed E-state index contributed by atoms with van der Waals surface area (Å²) < 4.78 is 0. The Bertz CT molecular complexity index is 705. The van der Waals surface area contributed by atoms with E-state index in [0.717, 1.165) is 23.4 Å². The first-order valence-electron chi connectivity index (χ1n) is 7.13. The van der Waals surface area contributed by atoms with E-state index in [1.807, 2.05) is 11.0 Å². The first-order chi connectivity index (χ1) is 10.1. The third-order valence-electron chi connectivity index (χ3n) is 4.00. The molecule has 4 heteroatoms. The van der Waals surface area contributed by atoms with E-state index in [2.05, 4.69) is 31.2 Å². The number of carbonyl (C=O) groups is 1. The van der Waals surface area contributed by atoms with Gasteiger partial charge in [0.15, 0.2) is 0 Å². The minimum absolute atomic E-state index is 0.110. The molecule has 0 saturated heterocycles. The Balaban J connectivity index is 2.02. The smallest absolute Gasteiger partial charge is 0.224 e. The molecular formula is C17H18N2OS.